The number of nitrogens with zero attached hydrogens (tertiary/aromatic N) is 2. The average molecular weight is 610 g/mol. The number of rotatable bonds is 8. The van der Waals surface area contributed by atoms with Crippen LogP contribution in [0.2, 0.25) is 5.02 Å². The minimum absolute atomic E-state index is 0.0861. The minimum Gasteiger partial charge on any atom is -0.400 e. The molecular weight excluding hydrogens is 571 g/mol. The maximum atomic E-state index is 13.1. The third-order valence-electron chi connectivity index (χ3n) is 6.48. The molecule has 2 amide bonds. The Kier molecular flexibility index (Phi) is 13.7. The number of nitrogens with one attached hydrogen (secondary N) is 2. The van der Waals surface area contributed by atoms with E-state index in [0.717, 1.165) is 34.6 Å². The average Bonchev–Trinajstić information content (AvgIpc) is 2.96. The van der Waals surface area contributed by atoms with Crippen LogP contribution in [0, 0.1) is 5.41 Å². The minimum atomic E-state index is -4.48. The van der Waals surface area contributed by atoms with Crippen LogP contribution in [0.1, 0.15) is 57.6 Å². The highest BCUT2D eigenvalue weighted by Crippen LogP contribution is 2.32. The van der Waals surface area contributed by atoms with E-state index in [4.69, 9.17) is 27.7 Å². The van der Waals surface area contributed by atoms with Crippen molar-refractivity contribution < 1.29 is 18.0 Å². The molecule has 2 aromatic rings. The first kappa shape index (κ1) is 34.2. The van der Waals surface area contributed by atoms with Crippen molar-refractivity contribution in [3.05, 3.63) is 76.0 Å². The summed E-state index contributed by atoms with van der Waals surface area (Å²) in [6.07, 6.45) is -0.666. The number of allylic oxidation sites excluding steroid dienone is 1. The SMILES string of the molecule is CC.CCc1ccc(C(=N)N(CCC(F)(F)F)C(=O)NC/C(N)=C2\CCC(SC)CC2=Nc2cccc(Cl)c2)cc1. The molecule has 1 fully saturated rings. The van der Waals surface area contributed by atoms with Crippen molar-refractivity contribution in [2.45, 2.75) is 64.3 Å². The highest BCUT2D eigenvalue weighted by molar-refractivity contribution is 7.99. The van der Waals surface area contributed by atoms with Crippen LogP contribution in [0.15, 0.2) is 64.8 Å². The molecule has 11 heteroatoms. The second kappa shape index (κ2) is 16.5. The van der Waals surface area contributed by atoms with Gasteiger partial charge >= 0.3 is 12.2 Å². The number of amides is 2. The number of benzene rings is 2. The van der Waals surface area contributed by atoms with E-state index in [1.807, 2.05) is 39.2 Å². The van der Waals surface area contributed by atoms with Gasteiger partial charge in [0.1, 0.15) is 5.84 Å². The molecule has 3 rings (SSSR count). The number of carbonyl (C=O) groups excluding carboxylic acids is 1. The van der Waals surface area contributed by atoms with Crippen molar-refractivity contribution in [1.29, 1.82) is 5.41 Å². The van der Waals surface area contributed by atoms with Crippen LogP contribution in [-0.2, 0) is 6.42 Å². The molecule has 0 spiro atoms. The fourth-order valence-electron chi connectivity index (χ4n) is 4.23. The van der Waals surface area contributed by atoms with E-state index in [2.05, 4.69) is 5.32 Å². The summed E-state index contributed by atoms with van der Waals surface area (Å²) in [5, 5.41) is 12.0. The van der Waals surface area contributed by atoms with Gasteiger partial charge < -0.3 is 11.1 Å². The first-order valence-corrected chi connectivity index (χ1v) is 15.3. The number of nitrogens with two attached hydrogens (primary N) is 1. The Morgan fingerprint density at radius 3 is 2.49 bits per heavy atom. The molecular formula is C30H39ClF3N5OS. The zero-order valence-corrected chi connectivity index (χ0v) is 25.5. The van der Waals surface area contributed by atoms with E-state index >= 15 is 0 Å². The summed E-state index contributed by atoms with van der Waals surface area (Å²) in [5.41, 5.74) is 10.5. The lowest BCUT2D eigenvalue weighted by Crippen LogP contribution is -2.46. The molecule has 1 aliphatic rings. The van der Waals surface area contributed by atoms with Crippen LogP contribution in [0.5, 0.6) is 0 Å². The van der Waals surface area contributed by atoms with Crippen molar-refractivity contribution in [2.24, 2.45) is 10.7 Å². The Hall–Kier alpha value is -2.98. The van der Waals surface area contributed by atoms with Crippen LogP contribution in [0.3, 0.4) is 0 Å². The molecule has 1 unspecified atom stereocenters. The second-order valence-corrected chi connectivity index (χ2v) is 10.8. The molecule has 1 atom stereocenters. The van der Waals surface area contributed by atoms with Gasteiger partial charge in [-0.25, -0.2) is 4.79 Å². The van der Waals surface area contributed by atoms with Gasteiger partial charge in [0.25, 0.3) is 0 Å². The van der Waals surface area contributed by atoms with Crippen LogP contribution in [0.4, 0.5) is 23.7 Å². The Labute approximate surface area is 250 Å². The monoisotopic (exact) mass is 609 g/mol. The quantitative estimate of drug-likeness (QED) is 0.208. The highest BCUT2D eigenvalue weighted by atomic mass is 35.5. The zero-order chi connectivity index (χ0) is 30.6. The number of carbonyl (C=O) groups is 1. The van der Waals surface area contributed by atoms with Gasteiger partial charge in [-0.2, -0.15) is 24.9 Å². The zero-order valence-electron chi connectivity index (χ0n) is 23.9. The summed E-state index contributed by atoms with van der Waals surface area (Å²) in [5.74, 6) is -0.311. The van der Waals surface area contributed by atoms with E-state index in [9.17, 15) is 18.0 Å². The highest BCUT2D eigenvalue weighted by Gasteiger charge is 2.31. The van der Waals surface area contributed by atoms with Gasteiger partial charge in [-0.3, -0.25) is 15.3 Å². The molecule has 0 bridgehead atoms. The standard InChI is InChI=1S/C28H33ClF3N5OS.C2H6/c1-3-18-7-9-19(10-8-18)26(34)37(14-13-28(30,31)32)27(38)35-17-24(33)23-12-11-22(39-2)16-25(23)36-21-6-4-5-20(29)15-21;1-2/h4-10,15,22,34H,3,11-14,16-17,33H2,1-2H3,(H,35,38);1-2H3/b24-23-,34-26?,36-25?;. The first-order valence-electron chi connectivity index (χ1n) is 13.6. The molecule has 6 nitrogen and oxygen atoms in total. The fraction of sp³-hybridized carbons (Fsp3) is 0.433. The van der Waals surface area contributed by atoms with Gasteiger partial charge in [-0.05, 0) is 54.9 Å². The van der Waals surface area contributed by atoms with Crippen molar-refractivity contribution in [1.82, 2.24) is 10.2 Å². The Bertz CT molecular complexity index is 1230. The second-order valence-electron chi connectivity index (χ2n) is 9.22. The Morgan fingerprint density at radius 1 is 1.22 bits per heavy atom. The summed E-state index contributed by atoms with van der Waals surface area (Å²) >= 11 is 7.87. The third kappa shape index (κ3) is 10.7. The summed E-state index contributed by atoms with van der Waals surface area (Å²) in [6, 6.07) is 13.2. The van der Waals surface area contributed by atoms with Gasteiger partial charge in [-0.15, -0.1) is 0 Å². The number of urea groups is 1. The normalized spacial score (nSPS) is 17.4. The van der Waals surface area contributed by atoms with Gasteiger partial charge in [0, 0.05) is 40.2 Å². The molecule has 0 aliphatic heterocycles. The van der Waals surface area contributed by atoms with E-state index in [-0.39, 0.29) is 12.4 Å². The van der Waals surface area contributed by atoms with E-state index in [1.54, 1.807) is 48.2 Å². The molecule has 2 aromatic carbocycles. The van der Waals surface area contributed by atoms with Gasteiger partial charge in [0.15, 0.2) is 0 Å². The molecule has 41 heavy (non-hydrogen) atoms. The Morgan fingerprint density at radius 2 is 1.90 bits per heavy atom. The fourth-order valence-corrected chi connectivity index (χ4v) is 5.10. The lowest BCUT2D eigenvalue weighted by molar-refractivity contribution is -0.135. The van der Waals surface area contributed by atoms with Crippen LogP contribution < -0.4 is 11.1 Å². The molecule has 1 aliphatic carbocycles. The Balaban J connectivity index is 0.00000287. The molecule has 0 radical (unpaired) electrons. The van der Waals surface area contributed by atoms with E-state index in [1.165, 1.54) is 0 Å². The largest absolute Gasteiger partial charge is 0.400 e. The van der Waals surface area contributed by atoms with Gasteiger partial charge in [-0.1, -0.05) is 62.7 Å². The predicted octanol–water partition coefficient (Wildman–Crippen LogP) is 8.12. The summed E-state index contributed by atoms with van der Waals surface area (Å²) < 4.78 is 39.1. The molecule has 0 heterocycles. The molecule has 0 aromatic heterocycles. The number of hydrogen-bond donors (Lipinski definition) is 3. The summed E-state index contributed by atoms with van der Waals surface area (Å²) in [6.45, 7) is 5.20. The van der Waals surface area contributed by atoms with Crippen LogP contribution >= 0.6 is 23.4 Å². The number of amidine groups is 1. The number of thioether (sulfide) groups is 1. The first-order chi connectivity index (χ1) is 19.5. The topological polar surface area (TPSA) is 94.6 Å². The van der Waals surface area contributed by atoms with Crippen molar-refractivity contribution in [2.75, 3.05) is 19.3 Å². The van der Waals surface area contributed by atoms with Gasteiger partial charge in [0.05, 0.1) is 18.7 Å². The number of alkyl halides is 3. The summed E-state index contributed by atoms with van der Waals surface area (Å²) in [4.78, 5) is 18.7. The number of hydrogen-bond acceptors (Lipinski definition) is 5. The molecule has 0 saturated heterocycles. The predicted molar refractivity (Wildman–Crippen MR) is 166 cm³/mol. The van der Waals surface area contributed by atoms with Crippen LogP contribution in [0.25, 0.3) is 0 Å². The maximum Gasteiger partial charge on any atom is 0.390 e. The molecule has 1 saturated carbocycles. The van der Waals surface area contributed by atoms with Crippen molar-refractivity contribution in [3.8, 4) is 0 Å². The van der Waals surface area contributed by atoms with E-state index < -0.39 is 25.2 Å². The van der Waals surface area contributed by atoms with Gasteiger partial charge in [0.2, 0.25) is 0 Å². The molecule has 4 N–H and O–H groups in total. The van der Waals surface area contributed by atoms with Crippen LogP contribution in [-0.4, -0.2) is 53.2 Å². The van der Waals surface area contributed by atoms with Crippen molar-refractivity contribution >= 4 is 46.6 Å². The maximum absolute atomic E-state index is 13.1. The number of aryl methyl sites for hydroxylation is 1. The summed E-state index contributed by atoms with van der Waals surface area (Å²) in [7, 11) is 0. The lowest BCUT2D eigenvalue weighted by Gasteiger charge is -2.27. The van der Waals surface area contributed by atoms with E-state index in [0.29, 0.717) is 40.1 Å². The molecule has 224 valence electrons. The number of halogens is 4. The lowest BCUT2D eigenvalue weighted by atomic mass is 9.90. The van der Waals surface area contributed by atoms with Crippen molar-refractivity contribution in [3.63, 3.8) is 0 Å². The number of aliphatic imine (C=N–C) groups is 1. The smallest absolute Gasteiger partial charge is 0.390 e. The third-order valence-corrected chi connectivity index (χ3v) is 7.78.